The Hall–Kier alpha value is -2.41. The minimum absolute atomic E-state index is 0.0672. The molecule has 0 saturated carbocycles. The number of hydrogen-bond acceptors (Lipinski definition) is 4. The van der Waals surface area contributed by atoms with Crippen molar-refractivity contribution in [2.45, 2.75) is 25.4 Å². The van der Waals surface area contributed by atoms with Crippen LogP contribution in [0.2, 0.25) is 0 Å². The maximum atomic E-state index is 12.5. The predicted molar refractivity (Wildman–Crippen MR) is 86.2 cm³/mol. The first kappa shape index (κ1) is 15.5. The Morgan fingerprint density at radius 2 is 2.39 bits per heavy atom. The Balaban J connectivity index is 1.64. The van der Waals surface area contributed by atoms with Crippen LogP contribution in [0.15, 0.2) is 36.9 Å². The van der Waals surface area contributed by atoms with Gasteiger partial charge in [-0.3, -0.25) is 0 Å². The van der Waals surface area contributed by atoms with Crippen LogP contribution in [0.3, 0.4) is 0 Å². The second kappa shape index (κ2) is 7.23. The van der Waals surface area contributed by atoms with Crippen LogP contribution < -0.4 is 5.32 Å². The summed E-state index contributed by atoms with van der Waals surface area (Å²) >= 11 is 0. The number of anilines is 1. The monoisotopic (exact) mass is 315 g/mol. The number of nitrogens with zero attached hydrogens (tertiary/aromatic N) is 4. The Kier molecular flexibility index (Phi) is 4.87. The zero-order valence-electron chi connectivity index (χ0n) is 13.2. The topological polar surface area (TPSA) is 72.3 Å². The Bertz CT molecular complexity index is 644. The first-order valence-corrected chi connectivity index (χ1v) is 7.74. The quantitative estimate of drug-likeness (QED) is 0.915. The molecule has 1 saturated heterocycles. The highest BCUT2D eigenvalue weighted by molar-refractivity contribution is 5.89. The van der Waals surface area contributed by atoms with E-state index in [-0.39, 0.29) is 12.1 Å². The van der Waals surface area contributed by atoms with Crippen LogP contribution >= 0.6 is 0 Å². The van der Waals surface area contributed by atoms with Gasteiger partial charge < -0.3 is 15.0 Å². The maximum absolute atomic E-state index is 12.5. The molecule has 1 atom stereocenters. The van der Waals surface area contributed by atoms with Crippen molar-refractivity contribution in [3.05, 3.63) is 42.5 Å². The van der Waals surface area contributed by atoms with Crippen LogP contribution in [0.25, 0.3) is 0 Å². The van der Waals surface area contributed by atoms with E-state index in [2.05, 4.69) is 15.4 Å². The molecule has 7 heteroatoms. The lowest BCUT2D eigenvalue weighted by Crippen LogP contribution is -2.40. The van der Waals surface area contributed by atoms with Crippen LogP contribution in [0.5, 0.6) is 0 Å². The lowest BCUT2D eigenvalue weighted by atomic mass is 10.2. The molecular formula is C16H21N5O2. The second-order valence-electron chi connectivity index (χ2n) is 5.67. The third-order valence-electron chi connectivity index (χ3n) is 3.99. The number of carbonyl (C=O) groups is 1. The van der Waals surface area contributed by atoms with Crippen molar-refractivity contribution >= 4 is 11.7 Å². The fourth-order valence-corrected chi connectivity index (χ4v) is 2.91. The number of methoxy groups -OCH3 is 1. The average molecular weight is 315 g/mol. The highest BCUT2D eigenvalue weighted by Crippen LogP contribution is 2.19. The summed E-state index contributed by atoms with van der Waals surface area (Å²) in [5.74, 6) is 0. The van der Waals surface area contributed by atoms with E-state index in [1.165, 1.54) is 6.33 Å². The van der Waals surface area contributed by atoms with Gasteiger partial charge in [-0.15, -0.1) is 0 Å². The lowest BCUT2D eigenvalue weighted by Gasteiger charge is -2.24. The molecule has 1 aromatic carbocycles. The summed E-state index contributed by atoms with van der Waals surface area (Å²) < 4.78 is 6.94. The van der Waals surface area contributed by atoms with Crippen molar-refractivity contribution in [2.75, 3.05) is 25.6 Å². The summed E-state index contributed by atoms with van der Waals surface area (Å²) in [4.78, 5) is 18.2. The third kappa shape index (κ3) is 3.87. The number of ether oxygens (including phenoxy) is 1. The van der Waals surface area contributed by atoms with Gasteiger partial charge >= 0.3 is 6.03 Å². The van der Waals surface area contributed by atoms with Gasteiger partial charge in [0.1, 0.15) is 12.7 Å². The van der Waals surface area contributed by atoms with Gasteiger partial charge in [-0.05, 0) is 30.5 Å². The Morgan fingerprint density at radius 3 is 3.17 bits per heavy atom. The summed E-state index contributed by atoms with van der Waals surface area (Å²) in [6, 6.07) is 7.88. The number of aromatic nitrogens is 3. The summed E-state index contributed by atoms with van der Waals surface area (Å²) in [6.45, 7) is 1.98. The summed E-state index contributed by atoms with van der Waals surface area (Å²) in [6.07, 6.45) is 5.20. The molecule has 0 spiro atoms. The first-order chi connectivity index (χ1) is 11.3. The molecule has 3 rings (SSSR count). The SMILES string of the molecule is COCC1CCCN1C(=O)Nc1cccc(Cn2cncn2)c1. The van der Waals surface area contributed by atoms with E-state index in [4.69, 9.17) is 4.74 Å². The van der Waals surface area contributed by atoms with E-state index < -0.39 is 0 Å². The minimum atomic E-state index is -0.0672. The smallest absolute Gasteiger partial charge is 0.322 e. The predicted octanol–water partition coefficient (Wildman–Crippen LogP) is 1.97. The number of amides is 2. The molecule has 7 nitrogen and oxygen atoms in total. The molecule has 1 unspecified atom stereocenters. The van der Waals surface area contributed by atoms with Gasteiger partial charge in [0, 0.05) is 19.3 Å². The van der Waals surface area contributed by atoms with Crippen molar-refractivity contribution in [3.8, 4) is 0 Å². The first-order valence-electron chi connectivity index (χ1n) is 7.74. The number of likely N-dealkylation sites (tertiary alicyclic amines) is 1. The second-order valence-corrected chi connectivity index (χ2v) is 5.67. The third-order valence-corrected chi connectivity index (χ3v) is 3.99. The van der Waals surface area contributed by atoms with Crippen LogP contribution in [0.4, 0.5) is 10.5 Å². The lowest BCUT2D eigenvalue weighted by molar-refractivity contribution is 0.128. The van der Waals surface area contributed by atoms with Gasteiger partial charge in [-0.25, -0.2) is 14.5 Å². The average Bonchev–Trinajstić information content (AvgIpc) is 3.20. The van der Waals surface area contributed by atoms with Crippen molar-refractivity contribution in [1.29, 1.82) is 0 Å². The fourth-order valence-electron chi connectivity index (χ4n) is 2.91. The standard InChI is InChI=1S/C16H21N5O2/c1-23-10-15-6-3-7-21(15)16(22)19-14-5-2-4-13(8-14)9-20-12-17-11-18-20/h2,4-5,8,11-12,15H,3,6-7,9-10H2,1H3,(H,19,22). The van der Waals surface area contributed by atoms with E-state index in [0.29, 0.717) is 13.2 Å². The number of hydrogen-bond donors (Lipinski definition) is 1. The van der Waals surface area contributed by atoms with E-state index >= 15 is 0 Å². The minimum Gasteiger partial charge on any atom is -0.383 e. The van der Waals surface area contributed by atoms with Crippen LogP contribution in [-0.2, 0) is 11.3 Å². The Morgan fingerprint density at radius 1 is 1.48 bits per heavy atom. The van der Waals surface area contributed by atoms with Crippen molar-refractivity contribution in [1.82, 2.24) is 19.7 Å². The van der Waals surface area contributed by atoms with E-state index in [0.717, 1.165) is 30.6 Å². The molecule has 23 heavy (non-hydrogen) atoms. The van der Waals surface area contributed by atoms with Gasteiger partial charge in [-0.1, -0.05) is 12.1 Å². The van der Waals surface area contributed by atoms with Gasteiger partial charge in [0.05, 0.1) is 19.2 Å². The van der Waals surface area contributed by atoms with E-state index in [9.17, 15) is 4.79 Å². The molecule has 122 valence electrons. The molecule has 1 fully saturated rings. The molecule has 1 aliphatic rings. The molecule has 1 aromatic heterocycles. The zero-order chi connectivity index (χ0) is 16.1. The highest BCUT2D eigenvalue weighted by Gasteiger charge is 2.28. The number of carbonyl (C=O) groups excluding carboxylic acids is 1. The molecule has 2 aromatic rings. The Labute approximate surface area is 135 Å². The fraction of sp³-hybridized carbons (Fsp3) is 0.438. The molecule has 2 amide bonds. The number of benzene rings is 1. The highest BCUT2D eigenvalue weighted by atomic mass is 16.5. The molecule has 2 heterocycles. The largest absolute Gasteiger partial charge is 0.383 e. The summed E-state index contributed by atoms with van der Waals surface area (Å²) in [7, 11) is 1.67. The zero-order valence-corrected chi connectivity index (χ0v) is 13.2. The van der Waals surface area contributed by atoms with Gasteiger partial charge in [0.15, 0.2) is 0 Å². The number of urea groups is 1. The van der Waals surface area contributed by atoms with E-state index in [1.54, 1.807) is 18.1 Å². The van der Waals surface area contributed by atoms with Crippen molar-refractivity contribution in [3.63, 3.8) is 0 Å². The maximum Gasteiger partial charge on any atom is 0.322 e. The molecule has 0 radical (unpaired) electrons. The van der Waals surface area contributed by atoms with Crippen LogP contribution in [0, 0.1) is 0 Å². The van der Waals surface area contributed by atoms with E-state index in [1.807, 2.05) is 29.2 Å². The molecule has 1 aliphatic heterocycles. The number of rotatable bonds is 5. The van der Waals surface area contributed by atoms with Gasteiger partial charge in [-0.2, -0.15) is 5.10 Å². The molecule has 0 bridgehead atoms. The van der Waals surface area contributed by atoms with Crippen LogP contribution in [0.1, 0.15) is 18.4 Å². The molecule has 0 aliphatic carbocycles. The summed E-state index contributed by atoms with van der Waals surface area (Å²) in [5.41, 5.74) is 1.85. The van der Waals surface area contributed by atoms with Crippen molar-refractivity contribution < 1.29 is 9.53 Å². The molecule has 1 N–H and O–H groups in total. The normalized spacial score (nSPS) is 17.4. The number of nitrogens with one attached hydrogen (secondary N) is 1. The van der Waals surface area contributed by atoms with Gasteiger partial charge in [0.25, 0.3) is 0 Å². The van der Waals surface area contributed by atoms with Crippen LogP contribution in [-0.4, -0.2) is 52.0 Å². The van der Waals surface area contributed by atoms with Crippen molar-refractivity contribution in [2.24, 2.45) is 0 Å². The molecular weight excluding hydrogens is 294 g/mol. The summed E-state index contributed by atoms with van der Waals surface area (Å²) in [5, 5.41) is 7.07. The van der Waals surface area contributed by atoms with Gasteiger partial charge in [0.2, 0.25) is 0 Å².